The fourth-order valence-electron chi connectivity index (χ4n) is 8.85. The predicted octanol–water partition coefficient (Wildman–Crippen LogP) is 19.3. The third-order valence-corrected chi connectivity index (χ3v) is 13.3. The summed E-state index contributed by atoms with van der Waals surface area (Å²) in [6.45, 7) is 6.59. The monoisotopic (exact) mass is 917 g/mol. The van der Waals surface area contributed by atoms with E-state index in [1.165, 1.54) is 225 Å². The van der Waals surface area contributed by atoms with E-state index in [0.717, 1.165) is 64.2 Å². The maximum atomic E-state index is 12.7. The molecule has 0 radical (unpaired) electrons. The zero-order chi connectivity index (χ0) is 47.2. The second kappa shape index (κ2) is 54.8. The average Bonchev–Trinajstić information content (AvgIpc) is 3.30. The molecule has 0 aliphatic heterocycles. The minimum atomic E-state index is -0.766. The lowest BCUT2D eigenvalue weighted by molar-refractivity contribution is -0.167. The number of esters is 3. The molecule has 0 saturated heterocycles. The molecule has 0 aliphatic carbocycles. The van der Waals surface area contributed by atoms with Gasteiger partial charge >= 0.3 is 17.9 Å². The number of carbonyl (C=O) groups excluding carboxylic acids is 3. The van der Waals surface area contributed by atoms with Gasteiger partial charge in [-0.3, -0.25) is 14.4 Å². The van der Waals surface area contributed by atoms with Gasteiger partial charge in [-0.25, -0.2) is 0 Å². The molecular formula is C59H112O6. The molecule has 65 heavy (non-hydrogen) atoms. The van der Waals surface area contributed by atoms with Gasteiger partial charge < -0.3 is 14.2 Å². The van der Waals surface area contributed by atoms with E-state index in [0.29, 0.717) is 19.3 Å². The Kier molecular flexibility index (Phi) is 53.2. The van der Waals surface area contributed by atoms with Crippen molar-refractivity contribution in [3.8, 4) is 0 Å². The summed E-state index contributed by atoms with van der Waals surface area (Å²) in [5.41, 5.74) is 0. The third kappa shape index (κ3) is 53.0. The highest BCUT2D eigenvalue weighted by molar-refractivity contribution is 5.71. The van der Waals surface area contributed by atoms with Crippen molar-refractivity contribution < 1.29 is 28.6 Å². The Bertz CT molecular complexity index is 1010. The Morgan fingerprint density at radius 1 is 0.292 bits per heavy atom. The molecule has 0 heterocycles. The molecule has 1 unspecified atom stereocenters. The standard InChI is InChI=1S/C59H112O6/c1-4-7-10-13-16-18-20-22-23-24-25-26-27-28-29-30-31-32-33-34-35-36-37-38-40-41-43-46-49-52-58(61)64-55-56(54-63-57(60)51-48-45-15-12-9-6-3)65-59(62)53-50-47-44-42-39-21-19-17-14-11-8-5-2/h17,19,56H,4-16,18,20-55H2,1-3H3/b19-17-. The fraction of sp³-hybridized carbons (Fsp3) is 0.915. The quantitative estimate of drug-likeness (QED) is 0.0262. The highest BCUT2D eigenvalue weighted by Crippen LogP contribution is 2.18. The van der Waals surface area contributed by atoms with E-state index in [9.17, 15) is 14.4 Å². The SMILES string of the molecule is CCCCC/C=C\CCCCCCCC(=O)OC(COC(=O)CCCCCCCC)COC(=O)CCCCCCCCCCCCCCCCCCCCCCCCCCCCCCC. The number of ether oxygens (including phenoxy) is 3. The number of hydrogen-bond donors (Lipinski definition) is 0. The van der Waals surface area contributed by atoms with Crippen LogP contribution in [-0.4, -0.2) is 37.2 Å². The maximum absolute atomic E-state index is 12.7. The number of allylic oxidation sites excluding steroid dienone is 2. The van der Waals surface area contributed by atoms with Gasteiger partial charge in [-0.2, -0.15) is 0 Å². The van der Waals surface area contributed by atoms with Gasteiger partial charge in [0.25, 0.3) is 0 Å². The zero-order valence-electron chi connectivity index (χ0n) is 44.0. The molecule has 0 amide bonds. The third-order valence-electron chi connectivity index (χ3n) is 13.3. The van der Waals surface area contributed by atoms with E-state index >= 15 is 0 Å². The van der Waals surface area contributed by atoms with Crippen LogP contribution in [0.2, 0.25) is 0 Å². The molecule has 0 N–H and O–H groups in total. The summed E-state index contributed by atoms with van der Waals surface area (Å²) in [7, 11) is 0. The number of carbonyl (C=O) groups is 3. The highest BCUT2D eigenvalue weighted by Gasteiger charge is 2.19. The Morgan fingerprint density at radius 2 is 0.508 bits per heavy atom. The van der Waals surface area contributed by atoms with E-state index in [1.807, 2.05) is 0 Å². The molecule has 6 heteroatoms. The van der Waals surface area contributed by atoms with Crippen molar-refractivity contribution in [1.82, 2.24) is 0 Å². The molecule has 0 saturated carbocycles. The van der Waals surface area contributed by atoms with E-state index < -0.39 is 6.10 Å². The van der Waals surface area contributed by atoms with Gasteiger partial charge in [-0.15, -0.1) is 0 Å². The largest absolute Gasteiger partial charge is 0.462 e. The minimum Gasteiger partial charge on any atom is -0.462 e. The molecule has 0 aromatic heterocycles. The van der Waals surface area contributed by atoms with E-state index in [1.54, 1.807) is 0 Å². The van der Waals surface area contributed by atoms with Crippen molar-refractivity contribution in [2.24, 2.45) is 0 Å². The molecule has 0 aromatic carbocycles. The first kappa shape index (κ1) is 63.1. The zero-order valence-corrected chi connectivity index (χ0v) is 44.0. The summed E-state index contributed by atoms with van der Waals surface area (Å²) in [4.78, 5) is 37.7. The van der Waals surface area contributed by atoms with Crippen LogP contribution in [0.25, 0.3) is 0 Å². The Hall–Kier alpha value is -1.85. The average molecular weight is 918 g/mol. The van der Waals surface area contributed by atoms with Crippen LogP contribution in [0.4, 0.5) is 0 Å². The first-order valence-electron chi connectivity index (χ1n) is 29.2. The van der Waals surface area contributed by atoms with Crippen LogP contribution in [-0.2, 0) is 28.6 Å². The molecule has 1 atom stereocenters. The summed E-state index contributed by atoms with van der Waals surface area (Å²) in [6, 6.07) is 0. The first-order valence-corrected chi connectivity index (χ1v) is 29.2. The molecular weight excluding hydrogens is 805 g/mol. The van der Waals surface area contributed by atoms with Gasteiger partial charge in [0.2, 0.25) is 0 Å². The summed E-state index contributed by atoms with van der Waals surface area (Å²) < 4.78 is 16.7. The molecule has 0 rings (SSSR count). The summed E-state index contributed by atoms with van der Waals surface area (Å²) in [5.74, 6) is -0.871. The van der Waals surface area contributed by atoms with Crippen LogP contribution < -0.4 is 0 Å². The van der Waals surface area contributed by atoms with Crippen molar-refractivity contribution in [2.45, 2.75) is 335 Å². The van der Waals surface area contributed by atoms with Crippen LogP contribution in [0, 0.1) is 0 Å². The summed E-state index contributed by atoms with van der Waals surface area (Å²) in [6.07, 6.45) is 62.7. The lowest BCUT2D eigenvalue weighted by Gasteiger charge is -2.18. The second-order valence-corrected chi connectivity index (χ2v) is 19.9. The Labute approximate surface area is 405 Å². The normalized spacial score (nSPS) is 12.0. The van der Waals surface area contributed by atoms with Crippen molar-refractivity contribution in [3.05, 3.63) is 12.2 Å². The summed E-state index contributed by atoms with van der Waals surface area (Å²) in [5, 5.41) is 0. The predicted molar refractivity (Wildman–Crippen MR) is 280 cm³/mol. The van der Waals surface area contributed by atoms with Gasteiger partial charge in [0.05, 0.1) is 0 Å². The van der Waals surface area contributed by atoms with Crippen LogP contribution in [0.3, 0.4) is 0 Å². The van der Waals surface area contributed by atoms with Crippen LogP contribution >= 0.6 is 0 Å². The van der Waals surface area contributed by atoms with E-state index in [-0.39, 0.29) is 31.1 Å². The number of rotatable bonds is 54. The highest BCUT2D eigenvalue weighted by atomic mass is 16.6. The summed E-state index contributed by atoms with van der Waals surface area (Å²) >= 11 is 0. The molecule has 6 nitrogen and oxygen atoms in total. The van der Waals surface area contributed by atoms with Gasteiger partial charge in [0, 0.05) is 19.3 Å². The van der Waals surface area contributed by atoms with Crippen molar-refractivity contribution >= 4 is 17.9 Å². The van der Waals surface area contributed by atoms with Gasteiger partial charge in [0.15, 0.2) is 6.10 Å². The van der Waals surface area contributed by atoms with Crippen molar-refractivity contribution in [2.75, 3.05) is 13.2 Å². The van der Waals surface area contributed by atoms with Crippen molar-refractivity contribution in [3.63, 3.8) is 0 Å². The molecule has 0 aromatic rings. The van der Waals surface area contributed by atoms with Crippen LogP contribution in [0.1, 0.15) is 329 Å². The molecule has 0 aliphatic rings. The lowest BCUT2D eigenvalue weighted by atomic mass is 10.0. The van der Waals surface area contributed by atoms with Gasteiger partial charge in [-0.05, 0) is 44.9 Å². The first-order chi connectivity index (χ1) is 32.0. The molecule has 0 fully saturated rings. The lowest BCUT2D eigenvalue weighted by Crippen LogP contribution is -2.30. The van der Waals surface area contributed by atoms with Gasteiger partial charge in [0.1, 0.15) is 13.2 Å². The van der Waals surface area contributed by atoms with Crippen LogP contribution in [0.5, 0.6) is 0 Å². The Balaban J connectivity index is 3.92. The number of hydrogen-bond acceptors (Lipinski definition) is 6. The fourth-order valence-corrected chi connectivity index (χ4v) is 8.85. The van der Waals surface area contributed by atoms with Gasteiger partial charge in [-0.1, -0.05) is 277 Å². The van der Waals surface area contributed by atoms with Crippen molar-refractivity contribution in [1.29, 1.82) is 0 Å². The molecule has 0 spiro atoms. The minimum absolute atomic E-state index is 0.0691. The second-order valence-electron chi connectivity index (χ2n) is 19.9. The Morgan fingerprint density at radius 3 is 0.800 bits per heavy atom. The number of unbranched alkanes of at least 4 members (excludes halogenated alkanes) is 41. The van der Waals surface area contributed by atoms with Crippen LogP contribution in [0.15, 0.2) is 12.2 Å². The smallest absolute Gasteiger partial charge is 0.306 e. The van der Waals surface area contributed by atoms with E-state index in [2.05, 4.69) is 32.9 Å². The maximum Gasteiger partial charge on any atom is 0.306 e. The molecule has 384 valence electrons. The topological polar surface area (TPSA) is 78.9 Å². The van der Waals surface area contributed by atoms with E-state index in [4.69, 9.17) is 14.2 Å². The molecule has 0 bridgehead atoms.